The summed E-state index contributed by atoms with van der Waals surface area (Å²) in [6, 6.07) is 3.98. The lowest BCUT2D eigenvalue weighted by Crippen LogP contribution is -2.32. The molecule has 0 aliphatic heterocycles. The van der Waals surface area contributed by atoms with Crippen molar-refractivity contribution in [2.24, 2.45) is 5.92 Å². The van der Waals surface area contributed by atoms with Gasteiger partial charge in [0, 0.05) is 17.5 Å². The summed E-state index contributed by atoms with van der Waals surface area (Å²) in [4.78, 5) is 15.4. The van der Waals surface area contributed by atoms with Crippen molar-refractivity contribution in [3.05, 3.63) is 33.3 Å². The highest BCUT2D eigenvalue weighted by molar-refractivity contribution is 7.16. The fourth-order valence-electron chi connectivity index (χ4n) is 2.78. The van der Waals surface area contributed by atoms with Crippen LogP contribution in [0.4, 0.5) is 5.69 Å². The predicted molar refractivity (Wildman–Crippen MR) is 82.4 cm³/mol. The first-order valence-corrected chi connectivity index (χ1v) is 7.53. The van der Waals surface area contributed by atoms with Gasteiger partial charge in [-0.2, -0.15) is 0 Å². The van der Waals surface area contributed by atoms with Gasteiger partial charge in [-0.3, -0.25) is 10.1 Å². The SMILES string of the molecule is CNC(C)C(c1ccc2scnc2c1[N+](=O)[O-])C(C)C. The van der Waals surface area contributed by atoms with Crippen molar-refractivity contribution in [2.75, 3.05) is 7.05 Å². The fraction of sp³-hybridized carbons (Fsp3) is 0.500. The maximum atomic E-state index is 11.5. The summed E-state index contributed by atoms with van der Waals surface area (Å²) in [6.07, 6.45) is 0. The Morgan fingerprint density at radius 3 is 2.60 bits per heavy atom. The van der Waals surface area contributed by atoms with E-state index in [0.29, 0.717) is 11.4 Å². The van der Waals surface area contributed by atoms with Gasteiger partial charge in [0.1, 0.15) is 0 Å². The standard InChI is InChI=1S/C14H19N3O2S/c1-8(2)12(9(3)15-4)10-5-6-11-13(16-7-20-11)14(10)17(18)19/h5-9,12,15H,1-4H3. The highest BCUT2D eigenvalue weighted by Crippen LogP contribution is 2.39. The molecule has 0 saturated carbocycles. The third-order valence-corrected chi connectivity index (χ3v) is 4.56. The number of benzene rings is 1. The molecule has 0 bridgehead atoms. The van der Waals surface area contributed by atoms with E-state index in [1.54, 1.807) is 5.51 Å². The summed E-state index contributed by atoms with van der Waals surface area (Å²) in [7, 11) is 1.88. The van der Waals surface area contributed by atoms with E-state index >= 15 is 0 Å². The third kappa shape index (κ3) is 2.53. The maximum Gasteiger partial charge on any atom is 0.299 e. The van der Waals surface area contributed by atoms with Gasteiger partial charge in [0.15, 0.2) is 5.52 Å². The molecular weight excluding hydrogens is 274 g/mol. The van der Waals surface area contributed by atoms with E-state index in [1.807, 2.05) is 19.2 Å². The van der Waals surface area contributed by atoms with E-state index in [-0.39, 0.29) is 22.6 Å². The number of nitrogens with zero attached hydrogens (tertiary/aromatic N) is 2. The number of nitrogens with one attached hydrogen (secondary N) is 1. The lowest BCUT2D eigenvalue weighted by molar-refractivity contribution is -0.384. The van der Waals surface area contributed by atoms with Crippen LogP contribution in [0.15, 0.2) is 17.6 Å². The Kier molecular flexibility index (Phi) is 4.35. The highest BCUT2D eigenvalue weighted by Gasteiger charge is 2.31. The van der Waals surface area contributed by atoms with Crippen molar-refractivity contribution in [2.45, 2.75) is 32.7 Å². The largest absolute Gasteiger partial charge is 0.317 e. The Balaban J connectivity index is 2.68. The van der Waals surface area contributed by atoms with Crippen molar-refractivity contribution in [1.29, 1.82) is 0 Å². The zero-order chi connectivity index (χ0) is 14.9. The molecule has 20 heavy (non-hydrogen) atoms. The smallest absolute Gasteiger partial charge is 0.299 e. The molecule has 1 N–H and O–H groups in total. The van der Waals surface area contributed by atoms with Gasteiger partial charge < -0.3 is 5.32 Å². The molecule has 0 fully saturated rings. The van der Waals surface area contributed by atoms with Gasteiger partial charge in [0.05, 0.1) is 15.1 Å². The fourth-order valence-corrected chi connectivity index (χ4v) is 3.46. The lowest BCUT2D eigenvalue weighted by Gasteiger charge is -2.27. The number of nitro groups is 1. The molecule has 1 aromatic heterocycles. The molecule has 2 aromatic rings. The molecular formula is C14H19N3O2S. The van der Waals surface area contributed by atoms with E-state index in [9.17, 15) is 10.1 Å². The van der Waals surface area contributed by atoms with E-state index in [1.165, 1.54) is 11.3 Å². The van der Waals surface area contributed by atoms with Crippen LogP contribution in [-0.4, -0.2) is 23.0 Å². The van der Waals surface area contributed by atoms with Crippen LogP contribution < -0.4 is 5.32 Å². The van der Waals surface area contributed by atoms with Crippen molar-refractivity contribution in [3.63, 3.8) is 0 Å². The Bertz CT molecular complexity index is 624. The number of hydrogen-bond acceptors (Lipinski definition) is 5. The average molecular weight is 293 g/mol. The Labute approximate surface area is 122 Å². The molecule has 1 heterocycles. The molecule has 1 aromatic carbocycles. The average Bonchev–Trinajstić information content (AvgIpc) is 2.85. The molecule has 2 atom stereocenters. The third-order valence-electron chi connectivity index (χ3n) is 3.76. The number of thiazole rings is 1. The summed E-state index contributed by atoms with van der Waals surface area (Å²) >= 11 is 1.43. The van der Waals surface area contributed by atoms with Gasteiger partial charge in [0.25, 0.3) is 5.69 Å². The number of likely N-dealkylation sites (N-methyl/N-ethyl adjacent to an activating group) is 1. The van der Waals surface area contributed by atoms with Crippen LogP contribution in [0.3, 0.4) is 0 Å². The van der Waals surface area contributed by atoms with Crippen molar-refractivity contribution in [3.8, 4) is 0 Å². The molecule has 0 radical (unpaired) electrons. The second-order valence-electron chi connectivity index (χ2n) is 5.31. The monoisotopic (exact) mass is 293 g/mol. The first-order chi connectivity index (χ1) is 9.47. The van der Waals surface area contributed by atoms with Crippen molar-refractivity contribution >= 4 is 27.2 Å². The van der Waals surface area contributed by atoms with Gasteiger partial charge in [-0.05, 0) is 26.0 Å². The summed E-state index contributed by atoms with van der Waals surface area (Å²) in [5.74, 6) is 0.374. The molecule has 0 saturated heterocycles. The topological polar surface area (TPSA) is 68.1 Å². The number of nitro benzene ring substituents is 1. The molecule has 0 amide bonds. The van der Waals surface area contributed by atoms with E-state index in [0.717, 1.165) is 10.3 Å². The van der Waals surface area contributed by atoms with Crippen LogP contribution in [-0.2, 0) is 0 Å². The van der Waals surface area contributed by atoms with Gasteiger partial charge >= 0.3 is 0 Å². The molecule has 0 spiro atoms. The number of rotatable bonds is 5. The van der Waals surface area contributed by atoms with E-state index in [4.69, 9.17) is 0 Å². The van der Waals surface area contributed by atoms with E-state index in [2.05, 4.69) is 31.1 Å². The van der Waals surface area contributed by atoms with Gasteiger partial charge in [-0.1, -0.05) is 19.9 Å². The molecule has 6 heteroatoms. The van der Waals surface area contributed by atoms with Crippen LogP contribution in [0.25, 0.3) is 10.2 Å². The van der Waals surface area contributed by atoms with Crippen molar-refractivity contribution < 1.29 is 4.92 Å². The zero-order valence-electron chi connectivity index (χ0n) is 12.1. The minimum Gasteiger partial charge on any atom is -0.317 e. The lowest BCUT2D eigenvalue weighted by atomic mass is 9.82. The molecule has 0 aliphatic rings. The second-order valence-corrected chi connectivity index (χ2v) is 6.19. The normalized spacial score (nSPS) is 14.7. The van der Waals surface area contributed by atoms with Crippen LogP contribution in [0.2, 0.25) is 0 Å². The van der Waals surface area contributed by atoms with Gasteiger partial charge in [-0.15, -0.1) is 11.3 Å². The van der Waals surface area contributed by atoms with Crippen molar-refractivity contribution in [1.82, 2.24) is 10.3 Å². The number of hydrogen-bond donors (Lipinski definition) is 1. The second kappa shape index (κ2) is 5.85. The van der Waals surface area contributed by atoms with Crippen LogP contribution in [0.1, 0.15) is 32.3 Å². The Morgan fingerprint density at radius 2 is 2.05 bits per heavy atom. The maximum absolute atomic E-state index is 11.5. The summed E-state index contributed by atoms with van der Waals surface area (Å²) in [5, 5.41) is 14.7. The number of fused-ring (bicyclic) bond motifs is 1. The zero-order valence-corrected chi connectivity index (χ0v) is 12.9. The minimum absolute atomic E-state index is 0.0755. The molecule has 108 valence electrons. The molecule has 0 aliphatic carbocycles. The van der Waals surface area contributed by atoms with E-state index < -0.39 is 0 Å². The number of aromatic nitrogens is 1. The van der Waals surface area contributed by atoms with Gasteiger partial charge in [0.2, 0.25) is 0 Å². The van der Waals surface area contributed by atoms with Gasteiger partial charge in [-0.25, -0.2) is 4.98 Å². The summed E-state index contributed by atoms with van der Waals surface area (Å²) < 4.78 is 0.861. The first-order valence-electron chi connectivity index (χ1n) is 6.65. The van der Waals surface area contributed by atoms with Crippen LogP contribution in [0.5, 0.6) is 0 Å². The quantitative estimate of drug-likeness (QED) is 0.676. The minimum atomic E-state index is -0.296. The Hall–Kier alpha value is -1.53. The molecule has 5 nitrogen and oxygen atoms in total. The summed E-state index contributed by atoms with van der Waals surface area (Å²) in [6.45, 7) is 6.24. The summed E-state index contributed by atoms with van der Waals surface area (Å²) in [5.41, 5.74) is 3.09. The molecule has 2 unspecified atom stereocenters. The molecule has 2 rings (SSSR count). The van der Waals surface area contributed by atoms with Crippen LogP contribution in [0, 0.1) is 16.0 Å². The van der Waals surface area contributed by atoms with Crippen LogP contribution >= 0.6 is 11.3 Å². The highest BCUT2D eigenvalue weighted by atomic mass is 32.1. The first kappa shape index (κ1) is 14.9. The predicted octanol–water partition coefficient (Wildman–Crippen LogP) is 3.55. The Morgan fingerprint density at radius 1 is 1.35 bits per heavy atom.